The lowest BCUT2D eigenvalue weighted by Gasteiger charge is -2.27. The van der Waals surface area contributed by atoms with Crippen molar-refractivity contribution in [1.82, 2.24) is 0 Å². The molecule has 0 amide bonds. The van der Waals surface area contributed by atoms with Crippen LogP contribution in [-0.2, 0) is 10.8 Å². The van der Waals surface area contributed by atoms with Gasteiger partial charge in [-0.2, -0.15) is 8.78 Å². The minimum Gasteiger partial charge on any atom is -0.429 e. The van der Waals surface area contributed by atoms with E-state index in [9.17, 15) is 22.0 Å². The van der Waals surface area contributed by atoms with E-state index in [0.717, 1.165) is 30.5 Å². The molecule has 1 fully saturated rings. The van der Waals surface area contributed by atoms with Gasteiger partial charge in [-0.25, -0.2) is 13.2 Å². The topological polar surface area (TPSA) is 96.5 Å². The quantitative estimate of drug-likeness (QED) is 0.293. The molecule has 4 rings (SSSR count). The molecule has 1 saturated heterocycles. The van der Waals surface area contributed by atoms with Crippen LogP contribution >= 0.6 is 0 Å². The van der Waals surface area contributed by atoms with Crippen molar-refractivity contribution in [2.24, 2.45) is 5.92 Å². The zero-order chi connectivity index (χ0) is 25.5. The predicted molar refractivity (Wildman–Crippen MR) is 123 cm³/mol. The number of halogens is 5. The second-order valence-corrected chi connectivity index (χ2v) is 8.70. The van der Waals surface area contributed by atoms with Crippen LogP contribution in [0.4, 0.5) is 39.0 Å². The van der Waals surface area contributed by atoms with Crippen molar-refractivity contribution in [3.63, 3.8) is 0 Å². The van der Waals surface area contributed by atoms with Crippen molar-refractivity contribution in [3.8, 4) is 16.9 Å². The number of nitrogens with two attached hydrogens (primary N) is 3. The Hall–Kier alpha value is -3.53. The highest BCUT2D eigenvalue weighted by atomic mass is 19.3. The van der Waals surface area contributed by atoms with E-state index < -0.39 is 46.2 Å². The Bertz CT molecular complexity index is 1210. The smallest absolute Gasteiger partial charge is 0.429 e. The molecule has 2 atom stereocenters. The van der Waals surface area contributed by atoms with Crippen molar-refractivity contribution in [2.75, 3.05) is 23.8 Å². The van der Waals surface area contributed by atoms with Crippen LogP contribution in [0.25, 0.3) is 11.1 Å². The predicted octanol–water partition coefficient (Wildman–Crippen LogP) is 6.13. The molecule has 2 unspecified atom stereocenters. The molecular formula is C25H24F5N3O2. The average Bonchev–Trinajstić information content (AvgIpc) is 2.76. The highest BCUT2D eigenvalue weighted by molar-refractivity contribution is 5.79. The fraction of sp³-hybridized carbons (Fsp3) is 0.280. The third kappa shape index (κ3) is 4.97. The molecule has 1 aliphatic rings. The average molecular weight is 493 g/mol. The van der Waals surface area contributed by atoms with Crippen molar-refractivity contribution in [2.45, 2.75) is 32.0 Å². The third-order valence-electron chi connectivity index (χ3n) is 5.95. The number of anilines is 3. The normalized spacial score (nSPS) is 18.5. The van der Waals surface area contributed by atoms with Crippen LogP contribution in [0.3, 0.4) is 0 Å². The lowest BCUT2D eigenvalue weighted by molar-refractivity contribution is -0.186. The van der Waals surface area contributed by atoms with Crippen molar-refractivity contribution >= 4 is 17.1 Å². The number of hydrogen-bond donors (Lipinski definition) is 3. The number of benzene rings is 3. The second kappa shape index (κ2) is 9.26. The zero-order valence-corrected chi connectivity index (χ0v) is 18.8. The van der Waals surface area contributed by atoms with Crippen LogP contribution in [0.15, 0.2) is 42.5 Å². The van der Waals surface area contributed by atoms with Gasteiger partial charge in [-0.3, -0.25) is 0 Å². The van der Waals surface area contributed by atoms with Crippen molar-refractivity contribution < 1.29 is 31.4 Å². The van der Waals surface area contributed by atoms with Crippen LogP contribution in [0.2, 0.25) is 0 Å². The number of rotatable bonds is 5. The van der Waals surface area contributed by atoms with E-state index in [1.807, 2.05) is 0 Å². The Balaban J connectivity index is 1.62. The van der Waals surface area contributed by atoms with Gasteiger partial charge in [0.15, 0.2) is 11.6 Å². The highest BCUT2D eigenvalue weighted by Crippen LogP contribution is 2.41. The van der Waals surface area contributed by atoms with Crippen LogP contribution in [0.1, 0.15) is 37.0 Å². The second-order valence-electron chi connectivity index (χ2n) is 8.70. The highest BCUT2D eigenvalue weighted by Gasteiger charge is 2.40. The summed E-state index contributed by atoms with van der Waals surface area (Å²) in [6, 6.07) is 8.18. The molecule has 0 aromatic heterocycles. The molecule has 3 aromatic carbocycles. The Labute approximate surface area is 198 Å². The van der Waals surface area contributed by atoms with Gasteiger partial charge in [0, 0.05) is 35.7 Å². The number of ether oxygens (including phenoxy) is 2. The van der Waals surface area contributed by atoms with Crippen molar-refractivity contribution in [3.05, 3.63) is 71.0 Å². The van der Waals surface area contributed by atoms with Crippen LogP contribution in [0.5, 0.6) is 5.75 Å². The van der Waals surface area contributed by atoms with Gasteiger partial charge in [-0.05, 0) is 48.1 Å². The molecule has 35 heavy (non-hydrogen) atoms. The van der Waals surface area contributed by atoms with E-state index in [2.05, 4.69) is 11.7 Å². The summed E-state index contributed by atoms with van der Waals surface area (Å²) < 4.78 is 81.6. The molecule has 3 aromatic rings. The summed E-state index contributed by atoms with van der Waals surface area (Å²) in [6.07, 6.45) is -2.56. The maximum Gasteiger partial charge on any atom is 0.431 e. The van der Waals surface area contributed by atoms with Gasteiger partial charge in [-0.1, -0.05) is 19.1 Å². The summed E-state index contributed by atoms with van der Waals surface area (Å²) in [7, 11) is 0. The number of hydrogen-bond acceptors (Lipinski definition) is 5. The van der Waals surface area contributed by atoms with Crippen LogP contribution < -0.4 is 21.9 Å². The number of nitrogen functional groups attached to an aromatic ring is 3. The standard InChI is InChI=1S/C25H24F5N3O2/c1-12-2-5-22(34-11-12)13-3-4-16(19(31)7-13)14-6-17(26)23(20(32)8-14)25(29,30)35-15-9-18(27)24(28)21(33)10-15/h3-4,6-10,12,22H,2,5,11,31-33H2,1H3. The first-order valence-corrected chi connectivity index (χ1v) is 10.9. The molecule has 186 valence electrons. The Morgan fingerprint density at radius 3 is 2.23 bits per heavy atom. The van der Waals surface area contributed by atoms with E-state index in [1.165, 1.54) is 0 Å². The maximum atomic E-state index is 14.9. The first-order valence-electron chi connectivity index (χ1n) is 10.9. The molecule has 6 N–H and O–H groups in total. The summed E-state index contributed by atoms with van der Waals surface area (Å²) in [6.45, 7) is 2.75. The molecule has 1 heterocycles. The zero-order valence-electron chi connectivity index (χ0n) is 18.8. The van der Waals surface area contributed by atoms with Crippen LogP contribution in [0, 0.1) is 23.4 Å². The molecule has 5 nitrogen and oxygen atoms in total. The van der Waals surface area contributed by atoms with Gasteiger partial charge >= 0.3 is 6.11 Å². The Kier molecular flexibility index (Phi) is 6.50. The summed E-state index contributed by atoms with van der Waals surface area (Å²) >= 11 is 0. The van der Waals surface area contributed by atoms with E-state index in [0.29, 0.717) is 35.9 Å². The molecular weight excluding hydrogens is 469 g/mol. The minimum absolute atomic E-state index is 0.104. The first kappa shape index (κ1) is 24.6. The van der Waals surface area contributed by atoms with Crippen LogP contribution in [-0.4, -0.2) is 6.61 Å². The molecule has 10 heteroatoms. The maximum absolute atomic E-state index is 14.9. The SMILES string of the molecule is CC1CCC(c2ccc(-c3cc(N)c(C(F)(F)Oc4cc(N)c(F)c(F)c4)c(F)c3)c(N)c2)OC1. The van der Waals surface area contributed by atoms with Crippen molar-refractivity contribution in [1.29, 1.82) is 0 Å². The van der Waals surface area contributed by atoms with Gasteiger partial charge in [0.25, 0.3) is 0 Å². The van der Waals surface area contributed by atoms with E-state index in [-0.39, 0.29) is 11.7 Å². The monoisotopic (exact) mass is 493 g/mol. The Morgan fingerprint density at radius 1 is 0.886 bits per heavy atom. The summed E-state index contributed by atoms with van der Waals surface area (Å²) in [5.41, 5.74) is 16.3. The fourth-order valence-electron chi connectivity index (χ4n) is 4.12. The third-order valence-corrected chi connectivity index (χ3v) is 5.95. The molecule has 0 spiro atoms. The largest absolute Gasteiger partial charge is 0.431 e. The minimum atomic E-state index is -4.31. The van der Waals surface area contributed by atoms with E-state index in [1.54, 1.807) is 18.2 Å². The van der Waals surface area contributed by atoms with Gasteiger partial charge in [0.1, 0.15) is 17.1 Å². The molecule has 0 bridgehead atoms. The lowest BCUT2D eigenvalue weighted by Crippen LogP contribution is -2.25. The fourth-order valence-corrected chi connectivity index (χ4v) is 4.12. The van der Waals surface area contributed by atoms with Gasteiger partial charge in [0.2, 0.25) is 0 Å². The first-order chi connectivity index (χ1) is 16.5. The summed E-state index contributed by atoms with van der Waals surface area (Å²) in [5.74, 6) is -4.59. The molecule has 1 aliphatic heterocycles. The van der Waals surface area contributed by atoms with E-state index in [4.69, 9.17) is 21.9 Å². The number of alkyl halides is 2. The van der Waals surface area contributed by atoms with E-state index >= 15 is 0 Å². The van der Waals surface area contributed by atoms with Gasteiger partial charge in [-0.15, -0.1) is 0 Å². The Morgan fingerprint density at radius 2 is 1.63 bits per heavy atom. The lowest BCUT2D eigenvalue weighted by atomic mass is 9.93. The summed E-state index contributed by atoms with van der Waals surface area (Å²) in [5, 5.41) is 0. The van der Waals surface area contributed by atoms with Gasteiger partial charge < -0.3 is 26.7 Å². The molecule has 0 aliphatic carbocycles. The summed E-state index contributed by atoms with van der Waals surface area (Å²) in [4.78, 5) is 0. The molecule has 0 saturated carbocycles. The van der Waals surface area contributed by atoms with Gasteiger partial charge in [0.05, 0.1) is 11.8 Å². The molecule has 0 radical (unpaired) electrons.